The second-order valence-electron chi connectivity index (χ2n) is 12.2. The molecule has 0 aromatic heterocycles. The molecule has 3 aliphatic heterocycles. The van der Waals surface area contributed by atoms with Crippen LogP contribution in [0.3, 0.4) is 0 Å². The Morgan fingerprint density at radius 3 is 2.49 bits per heavy atom. The summed E-state index contributed by atoms with van der Waals surface area (Å²) in [5, 5.41) is 9.70. The van der Waals surface area contributed by atoms with Gasteiger partial charge in [0, 0.05) is 43.7 Å². The Morgan fingerprint density at radius 1 is 1.09 bits per heavy atom. The SMILES string of the molecule is C=CCN(Cc1ccccc1)C(=O)[C@@H]1[C@@H]2CC(C)C3(S2)C(C(=O)N(CC=C)c2cc(C)ccc2C)N(CCCO)C(=O)[C@H]13. The average Bonchev–Trinajstić information content (AvgIpc) is 3.59. The summed E-state index contributed by atoms with van der Waals surface area (Å²) in [6.45, 7) is 15.2. The summed E-state index contributed by atoms with van der Waals surface area (Å²) >= 11 is 1.68. The van der Waals surface area contributed by atoms with Gasteiger partial charge in [-0.05, 0) is 55.4 Å². The van der Waals surface area contributed by atoms with Crippen LogP contribution in [0.15, 0.2) is 73.8 Å². The van der Waals surface area contributed by atoms with Crippen LogP contribution in [0.5, 0.6) is 0 Å². The molecular weight excluding hydrogens is 558 g/mol. The number of hydrogen-bond acceptors (Lipinski definition) is 5. The minimum atomic E-state index is -0.749. The van der Waals surface area contributed by atoms with Gasteiger partial charge in [0.25, 0.3) is 5.91 Å². The number of carbonyl (C=O) groups excluding carboxylic acids is 3. The Kier molecular flexibility index (Phi) is 9.18. The van der Waals surface area contributed by atoms with Crippen molar-refractivity contribution < 1.29 is 19.5 Å². The highest BCUT2D eigenvalue weighted by Gasteiger charge is 2.76. The number of rotatable bonds is 12. The van der Waals surface area contributed by atoms with E-state index in [1.165, 1.54) is 0 Å². The summed E-state index contributed by atoms with van der Waals surface area (Å²) in [4.78, 5) is 49.0. The fourth-order valence-electron chi connectivity index (χ4n) is 7.56. The van der Waals surface area contributed by atoms with Crippen molar-refractivity contribution in [2.45, 2.75) is 56.2 Å². The van der Waals surface area contributed by atoms with E-state index in [4.69, 9.17) is 0 Å². The van der Waals surface area contributed by atoms with Crippen LogP contribution in [0.4, 0.5) is 5.69 Å². The topological polar surface area (TPSA) is 81.2 Å². The third kappa shape index (κ3) is 5.33. The van der Waals surface area contributed by atoms with Crippen molar-refractivity contribution in [2.75, 3.05) is 31.1 Å². The van der Waals surface area contributed by atoms with Crippen molar-refractivity contribution in [3.8, 4) is 0 Å². The molecule has 0 aliphatic carbocycles. The van der Waals surface area contributed by atoms with Crippen LogP contribution >= 0.6 is 11.8 Å². The molecule has 1 spiro atoms. The number of thioether (sulfide) groups is 1. The molecule has 43 heavy (non-hydrogen) atoms. The molecule has 228 valence electrons. The zero-order chi connectivity index (χ0) is 30.9. The van der Waals surface area contributed by atoms with Gasteiger partial charge in [0.1, 0.15) is 6.04 Å². The summed E-state index contributed by atoms with van der Waals surface area (Å²) in [5.41, 5.74) is 3.82. The minimum absolute atomic E-state index is 0.0524. The van der Waals surface area contributed by atoms with Crippen molar-refractivity contribution in [2.24, 2.45) is 17.8 Å². The molecule has 3 fully saturated rings. The number of aliphatic hydroxyl groups excluding tert-OH is 1. The Labute approximate surface area is 259 Å². The first-order valence-corrected chi connectivity index (χ1v) is 16.1. The molecule has 3 amide bonds. The van der Waals surface area contributed by atoms with Crippen LogP contribution in [-0.2, 0) is 20.9 Å². The lowest BCUT2D eigenvalue weighted by atomic mass is 9.65. The molecule has 7 nitrogen and oxygen atoms in total. The van der Waals surface area contributed by atoms with E-state index in [0.717, 1.165) is 28.8 Å². The van der Waals surface area contributed by atoms with Crippen molar-refractivity contribution in [3.05, 3.63) is 90.5 Å². The summed E-state index contributed by atoms with van der Waals surface area (Å²) in [6, 6.07) is 15.1. The molecule has 1 N–H and O–H groups in total. The van der Waals surface area contributed by atoms with Crippen molar-refractivity contribution >= 4 is 35.2 Å². The second kappa shape index (κ2) is 12.7. The zero-order valence-electron chi connectivity index (χ0n) is 25.4. The first kappa shape index (κ1) is 31.1. The highest BCUT2D eigenvalue weighted by Crippen LogP contribution is 2.69. The molecule has 2 aromatic rings. The van der Waals surface area contributed by atoms with Gasteiger partial charge in [-0.15, -0.1) is 24.9 Å². The molecule has 5 rings (SSSR count). The highest BCUT2D eigenvalue weighted by molar-refractivity contribution is 8.02. The molecule has 3 unspecified atom stereocenters. The van der Waals surface area contributed by atoms with Gasteiger partial charge in [-0.1, -0.05) is 61.5 Å². The van der Waals surface area contributed by atoms with E-state index in [1.807, 2.05) is 62.4 Å². The van der Waals surface area contributed by atoms with Gasteiger partial charge in [0.15, 0.2) is 0 Å². The summed E-state index contributed by atoms with van der Waals surface area (Å²) in [5.74, 6) is -1.44. The van der Waals surface area contributed by atoms with Gasteiger partial charge in [0.2, 0.25) is 11.8 Å². The van der Waals surface area contributed by atoms with E-state index in [-0.39, 0.29) is 42.0 Å². The molecule has 3 aliphatic rings. The number of anilines is 1. The van der Waals surface area contributed by atoms with E-state index >= 15 is 0 Å². The van der Waals surface area contributed by atoms with Gasteiger partial charge < -0.3 is 19.8 Å². The number of benzene rings is 2. The third-order valence-corrected chi connectivity index (χ3v) is 11.5. The molecule has 8 heteroatoms. The fraction of sp³-hybridized carbons (Fsp3) is 0.457. The number of aliphatic hydroxyl groups is 1. The highest BCUT2D eigenvalue weighted by atomic mass is 32.2. The fourth-order valence-corrected chi connectivity index (χ4v) is 9.97. The molecule has 2 bridgehead atoms. The number of fused-ring (bicyclic) bond motifs is 1. The standard InChI is InChI=1S/C35H43N3O4S/c1-6-16-36(22-26-12-9-8-10-13-26)32(40)29-28-21-25(5)35(43-28)30(29)33(41)38(18-11-19-39)31(35)34(42)37(17-7-2)27-20-23(3)14-15-24(27)4/h6-10,12-15,20,25,28-31,39H,1-2,11,16-19,21-22H2,3-5H3/t25?,28-,29+,30-,31?,35?/m0/s1. The predicted molar refractivity (Wildman–Crippen MR) is 173 cm³/mol. The van der Waals surface area contributed by atoms with Crippen LogP contribution < -0.4 is 4.90 Å². The van der Waals surface area contributed by atoms with Gasteiger partial charge in [-0.2, -0.15) is 0 Å². The Hall–Kier alpha value is -3.36. The lowest BCUT2D eigenvalue weighted by Crippen LogP contribution is -2.57. The van der Waals surface area contributed by atoms with Crippen LogP contribution in [-0.4, -0.2) is 74.9 Å². The Morgan fingerprint density at radius 2 is 1.81 bits per heavy atom. The maximum absolute atomic E-state index is 14.8. The molecular formula is C35H43N3O4S. The summed E-state index contributed by atoms with van der Waals surface area (Å²) in [6.07, 6.45) is 4.57. The molecule has 0 saturated carbocycles. The van der Waals surface area contributed by atoms with Crippen LogP contribution in [0.2, 0.25) is 0 Å². The lowest BCUT2D eigenvalue weighted by Gasteiger charge is -2.41. The van der Waals surface area contributed by atoms with Crippen molar-refractivity contribution in [3.63, 3.8) is 0 Å². The second-order valence-corrected chi connectivity index (χ2v) is 13.7. The van der Waals surface area contributed by atoms with Crippen molar-refractivity contribution in [1.82, 2.24) is 9.80 Å². The predicted octanol–water partition coefficient (Wildman–Crippen LogP) is 4.76. The van der Waals surface area contributed by atoms with Crippen molar-refractivity contribution in [1.29, 1.82) is 0 Å². The third-order valence-electron chi connectivity index (χ3n) is 9.43. The molecule has 0 radical (unpaired) electrons. The number of nitrogens with zero attached hydrogens (tertiary/aromatic N) is 3. The normalized spacial score (nSPS) is 27.2. The number of carbonyl (C=O) groups is 3. The Bertz CT molecular complexity index is 1400. The maximum atomic E-state index is 14.8. The first-order chi connectivity index (χ1) is 20.7. The zero-order valence-corrected chi connectivity index (χ0v) is 26.3. The van der Waals surface area contributed by atoms with E-state index in [0.29, 0.717) is 26.1 Å². The van der Waals surface area contributed by atoms with Gasteiger partial charge in [-0.25, -0.2) is 0 Å². The van der Waals surface area contributed by atoms with Crippen LogP contribution in [0, 0.1) is 31.6 Å². The number of hydrogen-bond donors (Lipinski definition) is 1. The Balaban J connectivity index is 1.56. The summed E-state index contributed by atoms with van der Waals surface area (Å²) in [7, 11) is 0. The quantitative estimate of drug-likeness (QED) is 0.355. The molecule has 6 atom stereocenters. The van der Waals surface area contributed by atoms with Gasteiger partial charge in [-0.3, -0.25) is 14.4 Å². The molecule has 3 saturated heterocycles. The minimum Gasteiger partial charge on any atom is -0.396 e. The molecule has 2 aromatic carbocycles. The van der Waals surface area contributed by atoms with E-state index < -0.39 is 22.6 Å². The van der Waals surface area contributed by atoms with E-state index in [9.17, 15) is 19.5 Å². The van der Waals surface area contributed by atoms with Crippen LogP contribution in [0.25, 0.3) is 0 Å². The lowest BCUT2D eigenvalue weighted by molar-refractivity contribution is -0.144. The van der Waals surface area contributed by atoms with Gasteiger partial charge >= 0.3 is 0 Å². The van der Waals surface area contributed by atoms with Gasteiger partial charge in [0.05, 0.1) is 16.6 Å². The average molecular weight is 602 g/mol. The number of amides is 3. The van der Waals surface area contributed by atoms with E-state index in [2.05, 4.69) is 20.1 Å². The molecule has 3 heterocycles. The summed E-state index contributed by atoms with van der Waals surface area (Å²) < 4.78 is -0.738. The first-order valence-electron chi connectivity index (χ1n) is 15.2. The number of aryl methyl sites for hydroxylation is 2. The number of likely N-dealkylation sites (tertiary alicyclic amines) is 1. The maximum Gasteiger partial charge on any atom is 0.251 e. The largest absolute Gasteiger partial charge is 0.396 e. The monoisotopic (exact) mass is 601 g/mol. The van der Waals surface area contributed by atoms with Crippen LogP contribution in [0.1, 0.15) is 36.5 Å². The van der Waals surface area contributed by atoms with E-state index in [1.54, 1.807) is 38.6 Å². The smallest absolute Gasteiger partial charge is 0.251 e.